The van der Waals surface area contributed by atoms with Crippen molar-refractivity contribution in [1.29, 1.82) is 0 Å². The van der Waals surface area contributed by atoms with E-state index in [9.17, 15) is 0 Å². The minimum absolute atomic E-state index is 1.15. The number of piperazine rings is 1. The lowest BCUT2D eigenvalue weighted by Gasteiger charge is -2.34. The normalized spacial score (nSPS) is 18.2. The van der Waals surface area contributed by atoms with Crippen LogP contribution in [0.2, 0.25) is 0 Å². The first kappa shape index (κ1) is 11.2. The van der Waals surface area contributed by atoms with Gasteiger partial charge in [-0.05, 0) is 60.3 Å². The van der Waals surface area contributed by atoms with Gasteiger partial charge in [0.2, 0.25) is 0 Å². The molecular formula is C12H17IN2. The van der Waals surface area contributed by atoms with E-state index in [1.165, 1.54) is 27.9 Å². The lowest BCUT2D eigenvalue weighted by atomic mass is 10.2. The average molecular weight is 316 g/mol. The van der Waals surface area contributed by atoms with Crippen molar-refractivity contribution in [3.05, 3.63) is 27.3 Å². The van der Waals surface area contributed by atoms with Crippen molar-refractivity contribution >= 4 is 28.3 Å². The van der Waals surface area contributed by atoms with Crippen molar-refractivity contribution in [3.63, 3.8) is 0 Å². The SMILES string of the molecule is Cc1cc(N2CCN(C)CC2)ccc1I. The molecule has 2 rings (SSSR count). The van der Waals surface area contributed by atoms with Gasteiger partial charge < -0.3 is 9.80 Å². The standard InChI is InChI=1S/C12H17IN2/c1-10-9-11(3-4-12(10)13)15-7-5-14(2)6-8-15/h3-4,9H,5-8H2,1-2H3. The van der Waals surface area contributed by atoms with Gasteiger partial charge in [0.15, 0.2) is 0 Å². The predicted molar refractivity (Wildman–Crippen MR) is 73.6 cm³/mol. The zero-order valence-corrected chi connectivity index (χ0v) is 11.5. The number of nitrogens with zero attached hydrogens (tertiary/aromatic N) is 2. The number of anilines is 1. The molecule has 0 atom stereocenters. The number of aryl methyl sites for hydroxylation is 1. The molecule has 1 aliphatic rings. The maximum atomic E-state index is 2.48. The molecule has 2 nitrogen and oxygen atoms in total. The molecule has 0 unspecified atom stereocenters. The van der Waals surface area contributed by atoms with Crippen LogP contribution in [-0.2, 0) is 0 Å². The molecule has 0 aliphatic carbocycles. The second-order valence-electron chi connectivity index (χ2n) is 4.22. The topological polar surface area (TPSA) is 6.48 Å². The molecule has 0 N–H and O–H groups in total. The van der Waals surface area contributed by atoms with Crippen LogP contribution in [0.25, 0.3) is 0 Å². The Kier molecular flexibility index (Phi) is 3.51. The molecule has 1 aliphatic heterocycles. The number of rotatable bonds is 1. The van der Waals surface area contributed by atoms with Crippen molar-refractivity contribution in [3.8, 4) is 0 Å². The Morgan fingerprint density at radius 1 is 1.13 bits per heavy atom. The molecule has 0 amide bonds. The Morgan fingerprint density at radius 3 is 2.40 bits per heavy atom. The van der Waals surface area contributed by atoms with Crippen molar-refractivity contribution in [2.24, 2.45) is 0 Å². The van der Waals surface area contributed by atoms with Gasteiger partial charge in [0.05, 0.1) is 0 Å². The average Bonchev–Trinajstić information content (AvgIpc) is 2.23. The van der Waals surface area contributed by atoms with Crippen LogP contribution in [0.4, 0.5) is 5.69 Å². The van der Waals surface area contributed by atoms with E-state index in [-0.39, 0.29) is 0 Å². The smallest absolute Gasteiger partial charge is 0.0370 e. The van der Waals surface area contributed by atoms with Gasteiger partial charge in [0.25, 0.3) is 0 Å². The first-order chi connectivity index (χ1) is 7.16. The third-order valence-electron chi connectivity index (χ3n) is 3.01. The Balaban J connectivity index is 2.12. The van der Waals surface area contributed by atoms with Gasteiger partial charge in [-0.25, -0.2) is 0 Å². The molecule has 1 fully saturated rings. The zero-order valence-electron chi connectivity index (χ0n) is 9.33. The fourth-order valence-corrected chi connectivity index (χ4v) is 2.23. The lowest BCUT2D eigenvalue weighted by Crippen LogP contribution is -2.44. The number of hydrogen-bond donors (Lipinski definition) is 0. The molecule has 0 spiro atoms. The summed E-state index contributed by atoms with van der Waals surface area (Å²) >= 11 is 2.39. The van der Waals surface area contributed by atoms with Crippen LogP contribution in [0.5, 0.6) is 0 Å². The lowest BCUT2D eigenvalue weighted by molar-refractivity contribution is 0.313. The summed E-state index contributed by atoms with van der Waals surface area (Å²) < 4.78 is 1.35. The summed E-state index contributed by atoms with van der Waals surface area (Å²) in [6.45, 7) is 6.82. The predicted octanol–water partition coefficient (Wildman–Crippen LogP) is 2.35. The first-order valence-corrected chi connectivity index (χ1v) is 6.44. The second-order valence-corrected chi connectivity index (χ2v) is 5.39. The largest absolute Gasteiger partial charge is 0.369 e. The van der Waals surface area contributed by atoms with E-state index in [2.05, 4.69) is 64.6 Å². The van der Waals surface area contributed by atoms with E-state index in [4.69, 9.17) is 0 Å². The quantitative estimate of drug-likeness (QED) is 0.734. The van der Waals surface area contributed by atoms with Crippen LogP contribution in [0, 0.1) is 10.5 Å². The fraction of sp³-hybridized carbons (Fsp3) is 0.500. The molecule has 1 aromatic rings. The highest BCUT2D eigenvalue weighted by molar-refractivity contribution is 14.1. The van der Waals surface area contributed by atoms with Crippen molar-refractivity contribution in [1.82, 2.24) is 4.90 Å². The third kappa shape index (κ3) is 2.64. The van der Waals surface area contributed by atoms with Gasteiger partial charge in [0, 0.05) is 35.4 Å². The Morgan fingerprint density at radius 2 is 1.80 bits per heavy atom. The van der Waals surface area contributed by atoms with Gasteiger partial charge in [-0.3, -0.25) is 0 Å². The van der Waals surface area contributed by atoms with Crippen molar-refractivity contribution in [2.75, 3.05) is 38.1 Å². The van der Waals surface area contributed by atoms with Gasteiger partial charge in [-0.2, -0.15) is 0 Å². The van der Waals surface area contributed by atoms with E-state index in [1.807, 2.05) is 0 Å². The van der Waals surface area contributed by atoms with E-state index >= 15 is 0 Å². The molecule has 3 heteroatoms. The molecular weight excluding hydrogens is 299 g/mol. The van der Waals surface area contributed by atoms with Crippen LogP contribution in [0.1, 0.15) is 5.56 Å². The molecule has 0 saturated carbocycles. The van der Waals surface area contributed by atoms with Crippen LogP contribution < -0.4 is 4.90 Å². The Labute approximate surface area is 105 Å². The van der Waals surface area contributed by atoms with E-state index < -0.39 is 0 Å². The monoisotopic (exact) mass is 316 g/mol. The maximum Gasteiger partial charge on any atom is 0.0370 e. The summed E-state index contributed by atoms with van der Waals surface area (Å²) in [5.41, 5.74) is 2.76. The highest BCUT2D eigenvalue weighted by Crippen LogP contribution is 2.21. The third-order valence-corrected chi connectivity index (χ3v) is 4.22. The van der Waals surface area contributed by atoms with Crippen LogP contribution >= 0.6 is 22.6 Å². The van der Waals surface area contributed by atoms with Gasteiger partial charge in [-0.1, -0.05) is 0 Å². The summed E-state index contributed by atoms with van der Waals surface area (Å²) in [5, 5.41) is 0. The minimum Gasteiger partial charge on any atom is -0.369 e. The highest BCUT2D eigenvalue weighted by Gasteiger charge is 2.14. The van der Waals surface area contributed by atoms with Gasteiger partial charge in [-0.15, -0.1) is 0 Å². The van der Waals surface area contributed by atoms with E-state index in [1.54, 1.807) is 0 Å². The molecule has 1 aromatic carbocycles. The number of hydrogen-bond acceptors (Lipinski definition) is 2. The van der Waals surface area contributed by atoms with Gasteiger partial charge in [0.1, 0.15) is 0 Å². The second kappa shape index (κ2) is 4.70. The summed E-state index contributed by atoms with van der Waals surface area (Å²) in [6, 6.07) is 6.75. The molecule has 0 aromatic heterocycles. The van der Waals surface area contributed by atoms with Gasteiger partial charge >= 0.3 is 0 Å². The summed E-state index contributed by atoms with van der Waals surface area (Å²) in [4.78, 5) is 4.86. The zero-order chi connectivity index (χ0) is 10.8. The van der Waals surface area contributed by atoms with Crippen LogP contribution in [-0.4, -0.2) is 38.1 Å². The molecule has 1 saturated heterocycles. The number of likely N-dealkylation sites (N-methyl/N-ethyl adjacent to an activating group) is 1. The number of halogens is 1. The summed E-state index contributed by atoms with van der Waals surface area (Å²) in [5.74, 6) is 0. The Bertz CT molecular complexity index is 343. The Hall–Kier alpha value is -0.290. The molecule has 1 heterocycles. The minimum atomic E-state index is 1.15. The fourth-order valence-electron chi connectivity index (χ4n) is 1.89. The highest BCUT2D eigenvalue weighted by atomic mass is 127. The summed E-state index contributed by atoms with van der Waals surface area (Å²) in [6.07, 6.45) is 0. The van der Waals surface area contributed by atoms with E-state index in [0.717, 1.165) is 13.1 Å². The van der Waals surface area contributed by atoms with Crippen LogP contribution in [0.15, 0.2) is 18.2 Å². The molecule has 82 valence electrons. The number of benzene rings is 1. The maximum absolute atomic E-state index is 2.48. The van der Waals surface area contributed by atoms with Crippen molar-refractivity contribution < 1.29 is 0 Å². The first-order valence-electron chi connectivity index (χ1n) is 5.36. The molecule has 0 radical (unpaired) electrons. The van der Waals surface area contributed by atoms with E-state index in [0.29, 0.717) is 0 Å². The summed E-state index contributed by atoms with van der Waals surface area (Å²) in [7, 11) is 2.19. The molecule has 15 heavy (non-hydrogen) atoms. The molecule has 0 bridgehead atoms. The van der Waals surface area contributed by atoms with Crippen molar-refractivity contribution in [2.45, 2.75) is 6.92 Å². The van der Waals surface area contributed by atoms with Crippen LogP contribution in [0.3, 0.4) is 0 Å².